The van der Waals surface area contributed by atoms with Crippen molar-refractivity contribution in [2.45, 2.75) is 41.2 Å². The first-order chi connectivity index (χ1) is 14.9. The van der Waals surface area contributed by atoms with Crippen molar-refractivity contribution in [2.75, 3.05) is 31.6 Å². The van der Waals surface area contributed by atoms with Crippen LogP contribution in [0.2, 0.25) is 0 Å². The van der Waals surface area contributed by atoms with Crippen molar-refractivity contribution in [2.24, 2.45) is 0 Å². The normalized spacial score (nSPS) is 17.7. The first-order valence-electron chi connectivity index (χ1n) is 10.4. The molecule has 0 aliphatic carbocycles. The van der Waals surface area contributed by atoms with Gasteiger partial charge in [-0.2, -0.15) is 4.31 Å². The van der Waals surface area contributed by atoms with Crippen LogP contribution in [0.25, 0.3) is 0 Å². The number of carbonyl (C=O) groups excluding carboxylic acids is 1. The molecular formula is C22H26N2O5S2. The number of fused-ring (bicyclic) bond motifs is 1. The molecule has 1 atom stereocenters. The zero-order valence-electron chi connectivity index (χ0n) is 17.4. The summed E-state index contributed by atoms with van der Waals surface area (Å²) in [6.45, 7) is 4.01. The third-order valence-electron chi connectivity index (χ3n) is 5.27. The number of hydrogen-bond donors (Lipinski definition) is 1. The molecule has 1 saturated heterocycles. The summed E-state index contributed by atoms with van der Waals surface area (Å²) in [6.07, 6.45) is 2.86. The Balaban J connectivity index is 1.37. The number of carbonyl (C=O) groups is 1. The number of ether oxygens (including phenoxy) is 2. The van der Waals surface area contributed by atoms with Gasteiger partial charge in [0.25, 0.3) is 0 Å². The molecule has 2 heterocycles. The van der Waals surface area contributed by atoms with E-state index in [9.17, 15) is 13.2 Å². The second kappa shape index (κ2) is 9.50. The second-order valence-corrected chi connectivity index (χ2v) is 10.9. The van der Waals surface area contributed by atoms with Crippen LogP contribution in [0.4, 0.5) is 5.69 Å². The van der Waals surface area contributed by atoms with Crippen LogP contribution in [-0.2, 0) is 14.8 Å². The largest absolute Gasteiger partial charge is 0.486 e. The number of piperidine rings is 1. The Labute approximate surface area is 187 Å². The summed E-state index contributed by atoms with van der Waals surface area (Å²) in [5.41, 5.74) is 0.567. The minimum atomic E-state index is -3.48. The monoisotopic (exact) mass is 462 g/mol. The average Bonchev–Trinajstić information content (AvgIpc) is 2.80. The van der Waals surface area contributed by atoms with Gasteiger partial charge < -0.3 is 14.8 Å². The lowest BCUT2D eigenvalue weighted by atomic mass is 10.2. The van der Waals surface area contributed by atoms with Crippen molar-refractivity contribution in [3.8, 4) is 11.5 Å². The Morgan fingerprint density at radius 3 is 2.39 bits per heavy atom. The van der Waals surface area contributed by atoms with Crippen molar-refractivity contribution in [1.82, 2.24) is 4.31 Å². The molecule has 0 radical (unpaired) electrons. The second-order valence-electron chi connectivity index (χ2n) is 7.54. The Bertz CT molecular complexity index is 1030. The van der Waals surface area contributed by atoms with Crippen LogP contribution in [0.1, 0.15) is 26.2 Å². The maximum atomic E-state index is 12.8. The minimum absolute atomic E-state index is 0.161. The molecule has 4 rings (SSSR count). The maximum Gasteiger partial charge on any atom is 0.243 e. The number of hydrogen-bond acceptors (Lipinski definition) is 6. The lowest BCUT2D eigenvalue weighted by Crippen LogP contribution is -2.35. The van der Waals surface area contributed by atoms with E-state index in [0.29, 0.717) is 43.5 Å². The first kappa shape index (κ1) is 22.0. The smallest absolute Gasteiger partial charge is 0.243 e. The van der Waals surface area contributed by atoms with E-state index in [-0.39, 0.29) is 16.1 Å². The van der Waals surface area contributed by atoms with Crippen LogP contribution in [0, 0.1) is 0 Å². The summed E-state index contributed by atoms with van der Waals surface area (Å²) in [4.78, 5) is 13.8. The number of benzene rings is 2. The predicted molar refractivity (Wildman–Crippen MR) is 120 cm³/mol. The summed E-state index contributed by atoms with van der Waals surface area (Å²) in [6, 6.07) is 12.0. The summed E-state index contributed by atoms with van der Waals surface area (Å²) in [7, 11) is -3.48. The summed E-state index contributed by atoms with van der Waals surface area (Å²) in [5, 5.41) is 2.51. The maximum absolute atomic E-state index is 12.8. The molecule has 1 N–H and O–H groups in total. The number of nitrogens with one attached hydrogen (secondary N) is 1. The molecule has 7 nitrogen and oxygen atoms in total. The van der Waals surface area contributed by atoms with Gasteiger partial charge in [0.1, 0.15) is 13.2 Å². The molecule has 1 fully saturated rings. The van der Waals surface area contributed by atoms with Gasteiger partial charge in [-0.05, 0) is 62.2 Å². The van der Waals surface area contributed by atoms with E-state index in [2.05, 4.69) is 5.32 Å². The van der Waals surface area contributed by atoms with Crippen molar-refractivity contribution in [3.63, 3.8) is 0 Å². The van der Waals surface area contributed by atoms with Gasteiger partial charge >= 0.3 is 0 Å². The zero-order valence-corrected chi connectivity index (χ0v) is 19.0. The number of anilines is 1. The molecule has 166 valence electrons. The summed E-state index contributed by atoms with van der Waals surface area (Å²) >= 11 is 1.42. The SMILES string of the molecule is CC(Sc1ccc2c(c1)OCCO2)C(=O)Nc1ccc(S(=O)(=O)N2CCCCC2)cc1. The highest BCUT2D eigenvalue weighted by molar-refractivity contribution is 8.00. The standard InChI is InChI=1S/C22H26N2O5S2/c1-16(30-18-7-10-20-21(15-18)29-14-13-28-20)22(25)23-17-5-8-19(9-6-17)31(26,27)24-11-3-2-4-12-24/h5-10,15-16H,2-4,11-14H2,1H3,(H,23,25). The van der Waals surface area contributed by atoms with Crippen molar-refractivity contribution < 1.29 is 22.7 Å². The van der Waals surface area contributed by atoms with Gasteiger partial charge in [0.05, 0.1) is 10.1 Å². The summed E-state index contributed by atoms with van der Waals surface area (Å²) in [5.74, 6) is 1.24. The van der Waals surface area contributed by atoms with Crippen LogP contribution in [0.5, 0.6) is 11.5 Å². The van der Waals surface area contributed by atoms with Crippen molar-refractivity contribution >= 4 is 33.4 Å². The number of amides is 1. The molecule has 2 aromatic rings. The Hall–Kier alpha value is -2.23. The van der Waals surface area contributed by atoms with Crippen molar-refractivity contribution in [3.05, 3.63) is 42.5 Å². The molecule has 2 aliphatic heterocycles. The molecule has 2 aromatic carbocycles. The first-order valence-corrected chi connectivity index (χ1v) is 12.7. The molecule has 0 bridgehead atoms. The van der Waals surface area contributed by atoms with Crippen molar-refractivity contribution in [1.29, 1.82) is 0 Å². The molecule has 0 spiro atoms. The molecule has 0 saturated carbocycles. The average molecular weight is 463 g/mol. The van der Waals surface area contributed by atoms with Crippen LogP contribution in [-0.4, -0.2) is 50.2 Å². The fourth-order valence-corrected chi connectivity index (χ4v) is 5.98. The molecule has 2 aliphatic rings. The Morgan fingerprint density at radius 1 is 1.00 bits per heavy atom. The number of rotatable bonds is 6. The number of thioether (sulfide) groups is 1. The quantitative estimate of drug-likeness (QED) is 0.658. The van der Waals surface area contributed by atoms with Gasteiger partial charge in [-0.15, -0.1) is 11.8 Å². The zero-order chi connectivity index (χ0) is 21.8. The number of sulfonamides is 1. The lowest BCUT2D eigenvalue weighted by molar-refractivity contribution is -0.115. The van der Waals surface area contributed by atoms with Crippen LogP contribution >= 0.6 is 11.8 Å². The van der Waals surface area contributed by atoms with Gasteiger partial charge in [-0.25, -0.2) is 8.42 Å². The minimum Gasteiger partial charge on any atom is -0.486 e. The Kier molecular flexibility index (Phi) is 6.74. The molecular weight excluding hydrogens is 436 g/mol. The number of nitrogens with zero attached hydrogens (tertiary/aromatic N) is 1. The van der Waals surface area contributed by atoms with E-state index in [4.69, 9.17) is 9.47 Å². The Morgan fingerprint density at radius 2 is 1.68 bits per heavy atom. The van der Waals surface area contributed by atoms with Crippen LogP contribution in [0.3, 0.4) is 0 Å². The molecule has 0 aromatic heterocycles. The van der Waals surface area contributed by atoms with Gasteiger partial charge in [0, 0.05) is 23.7 Å². The van der Waals surface area contributed by atoms with E-state index in [1.54, 1.807) is 24.3 Å². The van der Waals surface area contributed by atoms with Gasteiger partial charge in [0.2, 0.25) is 15.9 Å². The molecule has 9 heteroatoms. The molecule has 1 amide bonds. The van der Waals surface area contributed by atoms with E-state index in [1.165, 1.54) is 16.1 Å². The lowest BCUT2D eigenvalue weighted by Gasteiger charge is -2.25. The topological polar surface area (TPSA) is 84.9 Å². The van der Waals surface area contributed by atoms with E-state index in [0.717, 1.165) is 24.2 Å². The van der Waals surface area contributed by atoms with Gasteiger partial charge in [-0.3, -0.25) is 4.79 Å². The third-order valence-corrected chi connectivity index (χ3v) is 8.28. The van der Waals surface area contributed by atoms with Gasteiger partial charge in [0.15, 0.2) is 11.5 Å². The van der Waals surface area contributed by atoms with Crippen LogP contribution in [0.15, 0.2) is 52.3 Å². The highest BCUT2D eigenvalue weighted by Gasteiger charge is 2.26. The van der Waals surface area contributed by atoms with Gasteiger partial charge in [-0.1, -0.05) is 6.42 Å². The third kappa shape index (κ3) is 5.16. The highest BCUT2D eigenvalue weighted by atomic mass is 32.2. The summed E-state index contributed by atoms with van der Waals surface area (Å²) < 4.78 is 38.2. The fourth-order valence-electron chi connectivity index (χ4n) is 3.56. The predicted octanol–water partition coefficient (Wildman–Crippen LogP) is 3.75. The fraction of sp³-hybridized carbons (Fsp3) is 0.409. The highest BCUT2D eigenvalue weighted by Crippen LogP contribution is 2.35. The van der Waals surface area contributed by atoms with E-state index < -0.39 is 10.0 Å². The van der Waals surface area contributed by atoms with E-state index in [1.807, 2.05) is 25.1 Å². The van der Waals surface area contributed by atoms with E-state index >= 15 is 0 Å². The molecule has 1 unspecified atom stereocenters. The van der Waals surface area contributed by atoms with Crippen LogP contribution < -0.4 is 14.8 Å². The molecule has 31 heavy (non-hydrogen) atoms.